The van der Waals surface area contributed by atoms with Gasteiger partial charge in [-0.3, -0.25) is 14.6 Å². The number of carbonyl (C=O) groups excluding carboxylic acids is 2. The first-order chi connectivity index (χ1) is 14.6. The van der Waals surface area contributed by atoms with Gasteiger partial charge in [-0.25, -0.2) is 0 Å². The summed E-state index contributed by atoms with van der Waals surface area (Å²) in [7, 11) is 1.55. The highest BCUT2D eigenvalue weighted by Gasteiger charge is 2.46. The van der Waals surface area contributed by atoms with Gasteiger partial charge in [0, 0.05) is 24.5 Å². The van der Waals surface area contributed by atoms with Crippen LogP contribution >= 0.6 is 0 Å². The number of methoxy groups -OCH3 is 1. The van der Waals surface area contributed by atoms with Gasteiger partial charge in [0.25, 0.3) is 11.7 Å². The summed E-state index contributed by atoms with van der Waals surface area (Å²) in [6.45, 7) is 0.186. The predicted octanol–water partition coefficient (Wildman–Crippen LogP) is 3.71. The third kappa shape index (κ3) is 3.55. The average molecular weight is 400 g/mol. The van der Waals surface area contributed by atoms with Gasteiger partial charge in [-0.1, -0.05) is 48.5 Å². The Hall–Kier alpha value is -3.93. The number of aliphatic hydroxyl groups excluding tert-OH is 1. The molecule has 1 amide bonds. The van der Waals surface area contributed by atoms with Gasteiger partial charge < -0.3 is 14.7 Å². The van der Waals surface area contributed by atoms with Gasteiger partial charge in [0.05, 0.1) is 18.7 Å². The Balaban J connectivity index is 1.87. The number of pyridine rings is 1. The number of carbonyl (C=O) groups is 2. The molecular weight excluding hydrogens is 380 g/mol. The Morgan fingerprint density at radius 1 is 1.07 bits per heavy atom. The molecule has 0 aliphatic carbocycles. The molecule has 1 aliphatic rings. The second-order valence-corrected chi connectivity index (χ2v) is 6.93. The lowest BCUT2D eigenvalue weighted by Gasteiger charge is -2.25. The number of Topliss-reactive ketones (excluding diaryl/α,β-unsaturated/α-hetero) is 1. The molecule has 2 heterocycles. The zero-order chi connectivity index (χ0) is 21.1. The van der Waals surface area contributed by atoms with E-state index in [-0.39, 0.29) is 17.9 Å². The first-order valence-electron chi connectivity index (χ1n) is 9.47. The Bertz CT molecular complexity index is 1110. The fourth-order valence-corrected chi connectivity index (χ4v) is 3.64. The molecule has 0 bridgehead atoms. The van der Waals surface area contributed by atoms with E-state index in [1.165, 1.54) is 4.90 Å². The Morgan fingerprint density at radius 2 is 1.87 bits per heavy atom. The normalized spacial score (nSPS) is 17.9. The largest absolute Gasteiger partial charge is 0.507 e. The van der Waals surface area contributed by atoms with Crippen molar-refractivity contribution < 1.29 is 19.4 Å². The topological polar surface area (TPSA) is 79.7 Å². The number of rotatable bonds is 5. The Labute approximate surface area is 174 Å². The third-order valence-corrected chi connectivity index (χ3v) is 5.07. The maximum Gasteiger partial charge on any atom is 0.295 e. The van der Waals surface area contributed by atoms with Crippen LogP contribution in [0.5, 0.6) is 5.75 Å². The van der Waals surface area contributed by atoms with Gasteiger partial charge in [0.1, 0.15) is 11.5 Å². The number of hydrogen-bond donors (Lipinski definition) is 1. The number of aromatic nitrogens is 1. The minimum absolute atomic E-state index is 0.0587. The van der Waals surface area contributed by atoms with Gasteiger partial charge >= 0.3 is 0 Å². The maximum absolute atomic E-state index is 13.0. The first kappa shape index (κ1) is 19.4. The molecule has 0 spiro atoms. The van der Waals surface area contributed by atoms with Crippen LogP contribution in [0.2, 0.25) is 0 Å². The summed E-state index contributed by atoms with van der Waals surface area (Å²) in [6.07, 6.45) is 3.30. The van der Waals surface area contributed by atoms with Crippen molar-refractivity contribution >= 4 is 17.4 Å². The van der Waals surface area contributed by atoms with Gasteiger partial charge in [-0.2, -0.15) is 0 Å². The Kier molecular flexibility index (Phi) is 5.30. The molecule has 0 saturated carbocycles. The van der Waals surface area contributed by atoms with Gasteiger partial charge in [-0.05, 0) is 29.3 Å². The van der Waals surface area contributed by atoms with Gasteiger partial charge in [0.2, 0.25) is 0 Å². The minimum atomic E-state index is -0.750. The molecule has 1 atom stereocenters. The summed E-state index contributed by atoms with van der Waals surface area (Å²) in [4.78, 5) is 31.5. The number of aliphatic hydroxyl groups is 1. The lowest BCUT2D eigenvalue weighted by atomic mass is 9.95. The number of hydrogen-bond acceptors (Lipinski definition) is 5. The van der Waals surface area contributed by atoms with E-state index in [1.807, 2.05) is 18.2 Å². The number of ether oxygens (including phenoxy) is 1. The van der Waals surface area contributed by atoms with Gasteiger partial charge in [0.15, 0.2) is 0 Å². The van der Waals surface area contributed by atoms with E-state index >= 15 is 0 Å². The average Bonchev–Trinajstić information content (AvgIpc) is 3.05. The van der Waals surface area contributed by atoms with E-state index < -0.39 is 17.7 Å². The van der Waals surface area contributed by atoms with Crippen LogP contribution in [-0.2, 0) is 16.1 Å². The molecule has 1 fully saturated rings. The van der Waals surface area contributed by atoms with Crippen molar-refractivity contribution in [3.8, 4) is 5.75 Å². The smallest absolute Gasteiger partial charge is 0.295 e. The molecule has 1 aliphatic heterocycles. The standard InChI is InChI=1S/C24H20N2O4/c1-30-19-11-5-10-18(13-19)21-20(22(27)17-8-3-2-4-9-17)23(28)24(29)26(21)15-16-7-6-12-25-14-16/h2-14,21,27H,15H2,1H3/b22-20+/t21-/m0/s1. The van der Waals surface area contributed by atoms with Crippen molar-refractivity contribution in [1.82, 2.24) is 9.88 Å². The van der Waals surface area contributed by atoms with E-state index in [2.05, 4.69) is 4.98 Å². The van der Waals surface area contributed by atoms with Crippen LogP contribution in [0.4, 0.5) is 0 Å². The molecule has 4 rings (SSSR count). The second-order valence-electron chi connectivity index (χ2n) is 6.93. The monoisotopic (exact) mass is 400 g/mol. The highest BCUT2D eigenvalue weighted by Crippen LogP contribution is 2.40. The molecule has 1 aromatic heterocycles. The summed E-state index contributed by atoms with van der Waals surface area (Å²) in [6, 6.07) is 18.8. The van der Waals surface area contributed by atoms with Crippen LogP contribution in [0.1, 0.15) is 22.7 Å². The van der Waals surface area contributed by atoms with E-state index in [4.69, 9.17) is 4.74 Å². The van der Waals surface area contributed by atoms with E-state index in [9.17, 15) is 14.7 Å². The van der Waals surface area contributed by atoms with Crippen molar-refractivity contribution in [3.63, 3.8) is 0 Å². The van der Waals surface area contributed by atoms with E-state index in [1.54, 1.807) is 68.0 Å². The molecule has 1 N–H and O–H groups in total. The molecule has 6 nitrogen and oxygen atoms in total. The first-order valence-corrected chi connectivity index (χ1v) is 9.47. The van der Waals surface area contributed by atoms with Crippen LogP contribution in [0, 0.1) is 0 Å². The molecule has 30 heavy (non-hydrogen) atoms. The number of nitrogens with zero attached hydrogens (tertiary/aromatic N) is 2. The second kappa shape index (κ2) is 8.21. The van der Waals surface area contributed by atoms with Crippen LogP contribution in [0.3, 0.4) is 0 Å². The predicted molar refractivity (Wildman–Crippen MR) is 112 cm³/mol. The van der Waals surface area contributed by atoms with Crippen molar-refractivity contribution in [2.45, 2.75) is 12.6 Å². The van der Waals surface area contributed by atoms with E-state index in [0.29, 0.717) is 16.9 Å². The van der Waals surface area contributed by atoms with E-state index in [0.717, 1.165) is 5.56 Å². The highest BCUT2D eigenvalue weighted by molar-refractivity contribution is 6.46. The number of likely N-dealkylation sites (tertiary alicyclic amines) is 1. The van der Waals surface area contributed by atoms with Crippen molar-refractivity contribution in [2.75, 3.05) is 7.11 Å². The van der Waals surface area contributed by atoms with Crippen LogP contribution in [0.25, 0.3) is 5.76 Å². The summed E-state index contributed by atoms with van der Waals surface area (Å²) in [5.41, 5.74) is 2.00. The molecule has 1 saturated heterocycles. The maximum atomic E-state index is 13.0. The summed E-state index contributed by atoms with van der Waals surface area (Å²) >= 11 is 0. The lowest BCUT2D eigenvalue weighted by Crippen LogP contribution is -2.29. The number of amides is 1. The number of ketones is 1. The summed E-state index contributed by atoms with van der Waals surface area (Å²) in [5.74, 6) is -0.980. The zero-order valence-corrected chi connectivity index (χ0v) is 16.4. The molecule has 2 aromatic carbocycles. The zero-order valence-electron chi connectivity index (χ0n) is 16.4. The van der Waals surface area contributed by atoms with Gasteiger partial charge in [-0.15, -0.1) is 0 Å². The molecule has 0 radical (unpaired) electrons. The lowest BCUT2D eigenvalue weighted by molar-refractivity contribution is -0.140. The molecular formula is C24H20N2O4. The fraction of sp³-hybridized carbons (Fsp3) is 0.125. The molecule has 0 unspecified atom stereocenters. The van der Waals surface area contributed by atoms with Crippen LogP contribution in [-0.4, -0.2) is 33.8 Å². The van der Waals surface area contributed by atoms with Crippen molar-refractivity contribution in [1.29, 1.82) is 0 Å². The Morgan fingerprint density at radius 3 is 2.57 bits per heavy atom. The summed E-state index contributed by atoms with van der Waals surface area (Å²) < 4.78 is 5.33. The molecule has 150 valence electrons. The van der Waals surface area contributed by atoms with Crippen molar-refractivity contribution in [3.05, 3.63) is 101 Å². The SMILES string of the molecule is COc1cccc([C@H]2/C(=C(\O)c3ccccc3)C(=O)C(=O)N2Cc2cccnc2)c1. The minimum Gasteiger partial charge on any atom is -0.507 e. The van der Waals surface area contributed by atoms with Crippen LogP contribution in [0.15, 0.2) is 84.7 Å². The number of benzene rings is 2. The van der Waals surface area contributed by atoms with Crippen molar-refractivity contribution in [2.24, 2.45) is 0 Å². The quantitative estimate of drug-likeness (QED) is 0.401. The molecule has 3 aromatic rings. The third-order valence-electron chi connectivity index (χ3n) is 5.07. The summed E-state index contributed by atoms with van der Waals surface area (Å²) in [5, 5.41) is 11.0. The fourth-order valence-electron chi connectivity index (χ4n) is 3.64. The van der Waals surface area contributed by atoms with Crippen LogP contribution < -0.4 is 4.74 Å². The highest BCUT2D eigenvalue weighted by atomic mass is 16.5. The molecule has 6 heteroatoms.